The van der Waals surface area contributed by atoms with E-state index >= 15 is 0 Å². The molecule has 0 heterocycles. The summed E-state index contributed by atoms with van der Waals surface area (Å²) in [6, 6.07) is 5.13. The normalized spacial score (nSPS) is 34.5. The van der Waals surface area contributed by atoms with Crippen molar-refractivity contribution in [2.24, 2.45) is 23.2 Å². The minimum Gasteiger partial charge on any atom is -0.198 e. The molecule has 2 rings (SSSR count). The predicted molar refractivity (Wildman–Crippen MR) is 94.4 cm³/mol. The van der Waals surface area contributed by atoms with Crippen LogP contribution in [0.1, 0.15) is 96.8 Å². The van der Waals surface area contributed by atoms with Crippen molar-refractivity contribution in [1.82, 2.24) is 0 Å². The molecule has 2 nitrogen and oxygen atoms in total. The Morgan fingerprint density at radius 1 is 0.870 bits per heavy atom. The Morgan fingerprint density at radius 3 is 2.09 bits per heavy atom. The first-order chi connectivity index (χ1) is 11.2. The van der Waals surface area contributed by atoms with Crippen molar-refractivity contribution in [2.75, 3.05) is 0 Å². The summed E-state index contributed by atoms with van der Waals surface area (Å²) in [7, 11) is 0. The Morgan fingerprint density at radius 2 is 1.52 bits per heavy atom. The fourth-order valence-corrected chi connectivity index (χ4v) is 4.68. The molecule has 0 N–H and O–H groups in total. The van der Waals surface area contributed by atoms with Crippen LogP contribution in [0.25, 0.3) is 0 Å². The van der Waals surface area contributed by atoms with Crippen molar-refractivity contribution in [3.8, 4) is 12.1 Å². The second-order valence-electron chi connectivity index (χ2n) is 8.22. The Kier molecular flexibility index (Phi) is 7.42. The Labute approximate surface area is 143 Å². The molecule has 0 unspecified atom stereocenters. The predicted octanol–water partition coefficient (Wildman–Crippen LogP) is 6.38. The number of nitrogens with zero attached hydrogens (tertiary/aromatic N) is 2. The van der Waals surface area contributed by atoms with Gasteiger partial charge in [0.15, 0.2) is 0 Å². The molecule has 0 spiro atoms. The molecular formula is C21H34N2. The quantitative estimate of drug-likeness (QED) is 0.512. The zero-order valence-electron chi connectivity index (χ0n) is 15.0. The van der Waals surface area contributed by atoms with Crippen LogP contribution in [-0.2, 0) is 0 Å². The molecule has 23 heavy (non-hydrogen) atoms. The van der Waals surface area contributed by atoms with Gasteiger partial charge in [-0.15, -0.1) is 0 Å². The van der Waals surface area contributed by atoms with Gasteiger partial charge in [-0.25, -0.2) is 0 Å². The first kappa shape index (κ1) is 18.3. The lowest BCUT2D eigenvalue weighted by Crippen LogP contribution is -2.27. The molecule has 2 fully saturated rings. The first-order valence-electron chi connectivity index (χ1n) is 10.0. The maximum Gasteiger partial charge on any atom is 0.0689 e. The summed E-state index contributed by atoms with van der Waals surface area (Å²) in [6.07, 6.45) is 17.2. The van der Waals surface area contributed by atoms with Crippen LogP contribution in [0.3, 0.4) is 0 Å². The summed E-state index contributed by atoms with van der Waals surface area (Å²) in [5.74, 6) is 1.95. The van der Waals surface area contributed by atoms with Crippen LogP contribution in [0.5, 0.6) is 0 Å². The van der Waals surface area contributed by atoms with Crippen molar-refractivity contribution in [3.05, 3.63) is 0 Å². The molecule has 2 aliphatic carbocycles. The standard InChI is InChI=1S/C21H34N2/c1-2-3-4-5-18-10-13-21(17-23,14-11-18)15-12-19-6-8-20(16-22)9-7-19/h18-20H,2-15H2,1H3. The van der Waals surface area contributed by atoms with E-state index in [0.29, 0.717) is 5.92 Å². The summed E-state index contributed by atoms with van der Waals surface area (Å²) in [6.45, 7) is 2.27. The maximum atomic E-state index is 9.76. The molecule has 0 radical (unpaired) electrons. The van der Waals surface area contributed by atoms with Crippen molar-refractivity contribution >= 4 is 0 Å². The molecule has 0 aromatic heterocycles. The number of unbranched alkanes of at least 4 members (excludes halogenated alkanes) is 2. The zero-order valence-corrected chi connectivity index (χ0v) is 15.0. The average Bonchev–Trinajstić information content (AvgIpc) is 2.62. The Hall–Kier alpha value is -1.02. The lowest BCUT2D eigenvalue weighted by molar-refractivity contribution is 0.167. The van der Waals surface area contributed by atoms with E-state index in [0.717, 1.165) is 43.9 Å². The molecule has 0 atom stereocenters. The van der Waals surface area contributed by atoms with Gasteiger partial charge in [-0.2, -0.15) is 10.5 Å². The number of rotatable bonds is 7. The summed E-state index contributed by atoms with van der Waals surface area (Å²) in [5, 5.41) is 18.8. The molecular weight excluding hydrogens is 280 g/mol. The van der Waals surface area contributed by atoms with E-state index < -0.39 is 0 Å². The lowest BCUT2D eigenvalue weighted by Gasteiger charge is -2.36. The number of nitriles is 2. The average molecular weight is 315 g/mol. The van der Waals surface area contributed by atoms with Gasteiger partial charge in [0.05, 0.1) is 17.6 Å². The van der Waals surface area contributed by atoms with Crippen LogP contribution in [0.4, 0.5) is 0 Å². The van der Waals surface area contributed by atoms with Crippen LogP contribution in [0.2, 0.25) is 0 Å². The van der Waals surface area contributed by atoms with Gasteiger partial charge in [0, 0.05) is 5.92 Å². The fourth-order valence-electron chi connectivity index (χ4n) is 4.68. The van der Waals surface area contributed by atoms with Crippen LogP contribution in [0, 0.1) is 45.8 Å². The SMILES string of the molecule is CCCCCC1CCC(C#N)(CCC2CCC(C#N)CC2)CC1. The summed E-state index contributed by atoms with van der Waals surface area (Å²) in [4.78, 5) is 0. The highest BCUT2D eigenvalue weighted by molar-refractivity contribution is 5.02. The van der Waals surface area contributed by atoms with Gasteiger partial charge in [0.1, 0.15) is 0 Å². The van der Waals surface area contributed by atoms with Gasteiger partial charge < -0.3 is 0 Å². The monoisotopic (exact) mass is 314 g/mol. The maximum absolute atomic E-state index is 9.76. The molecule has 2 saturated carbocycles. The van der Waals surface area contributed by atoms with Crippen molar-refractivity contribution in [1.29, 1.82) is 10.5 Å². The highest BCUT2D eigenvalue weighted by Gasteiger charge is 2.35. The molecule has 0 saturated heterocycles. The second-order valence-corrected chi connectivity index (χ2v) is 8.22. The Bertz CT molecular complexity index is 412. The van der Waals surface area contributed by atoms with Crippen LogP contribution in [0.15, 0.2) is 0 Å². The smallest absolute Gasteiger partial charge is 0.0689 e. The number of hydrogen-bond donors (Lipinski definition) is 0. The third-order valence-electron chi connectivity index (χ3n) is 6.58. The van der Waals surface area contributed by atoms with Gasteiger partial charge in [-0.05, 0) is 76.0 Å². The summed E-state index contributed by atoms with van der Waals surface area (Å²) < 4.78 is 0. The summed E-state index contributed by atoms with van der Waals surface area (Å²) in [5.41, 5.74) is -0.0205. The molecule has 0 aliphatic heterocycles. The first-order valence-corrected chi connectivity index (χ1v) is 10.0. The van der Waals surface area contributed by atoms with Gasteiger partial charge in [0.25, 0.3) is 0 Å². The highest BCUT2D eigenvalue weighted by atomic mass is 14.4. The minimum atomic E-state index is -0.0205. The van der Waals surface area contributed by atoms with Crippen molar-refractivity contribution in [3.63, 3.8) is 0 Å². The van der Waals surface area contributed by atoms with Crippen LogP contribution >= 0.6 is 0 Å². The van der Waals surface area contributed by atoms with E-state index in [1.807, 2.05) is 0 Å². The molecule has 2 heteroatoms. The number of hydrogen-bond acceptors (Lipinski definition) is 2. The third kappa shape index (κ3) is 5.53. The van der Waals surface area contributed by atoms with E-state index in [4.69, 9.17) is 5.26 Å². The molecule has 2 aliphatic rings. The van der Waals surface area contributed by atoms with Gasteiger partial charge >= 0.3 is 0 Å². The van der Waals surface area contributed by atoms with E-state index in [1.54, 1.807) is 0 Å². The van der Waals surface area contributed by atoms with E-state index in [2.05, 4.69) is 19.1 Å². The second kappa shape index (κ2) is 9.32. The third-order valence-corrected chi connectivity index (χ3v) is 6.58. The zero-order chi connectivity index (χ0) is 16.5. The molecule has 0 amide bonds. The molecule has 128 valence electrons. The highest BCUT2D eigenvalue weighted by Crippen LogP contribution is 2.45. The van der Waals surface area contributed by atoms with Crippen LogP contribution < -0.4 is 0 Å². The van der Waals surface area contributed by atoms with E-state index in [1.165, 1.54) is 57.8 Å². The fraction of sp³-hybridized carbons (Fsp3) is 0.905. The van der Waals surface area contributed by atoms with Crippen molar-refractivity contribution < 1.29 is 0 Å². The largest absolute Gasteiger partial charge is 0.198 e. The van der Waals surface area contributed by atoms with Gasteiger partial charge in [-0.3, -0.25) is 0 Å². The van der Waals surface area contributed by atoms with Gasteiger partial charge in [0.2, 0.25) is 0 Å². The van der Waals surface area contributed by atoms with E-state index in [-0.39, 0.29) is 5.41 Å². The van der Waals surface area contributed by atoms with Crippen molar-refractivity contribution in [2.45, 2.75) is 96.8 Å². The molecule has 0 aromatic carbocycles. The molecule has 0 aromatic rings. The van der Waals surface area contributed by atoms with Gasteiger partial charge in [-0.1, -0.05) is 32.6 Å². The lowest BCUT2D eigenvalue weighted by atomic mass is 9.66. The van der Waals surface area contributed by atoms with Crippen LogP contribution in [-0.4, -0.2) is 0 Å². The summed E-state index contributed by atoms with van der Waals surface area (Å²) >= 11 is 0. The van der Waals surface area contributed by atoms with E-state index in [9.17, 15) is 5.26 Å². The minimum absolute atomic E-state index is 0.0205. The molecule has 0 bridgehead atoms. The Balaban J connectivity index is 1.71. The topological polar surface area (TPSA) is 47.6 Å².